The zero-order valence-electron chi connectivity index (χ0n) is 20.4. The Morgan fingerprint density at radius 1 is 0.909 bits per heavy atom. The van der Waals surface area contributed by atoms with Crippen LogP contribution in [0.15, 0.2) is 59.5 Å². The van der Waals surface area contributed by atoms with E-state index in [-0.39, 0.29) is 5.78 Å². The highest BCUT2D eigenvalue weighted by molar-refractivity contribution is 7.97. The van der Waals surface area contributed by atoms with Crippen molar-refractivity contribution in [2.75, 3.05) is 21.2 Å². The number of aryl methyl sites for hydroxylation is 1. The maximum Gasteiger partial charge on any atom is 0.169 e. The number of hydrogen-bond donors (Lipinski definition) is 0. The molecule has 5 heteroatoms. The summed E-state index contributed by atoms with van der Waals surface area (Å²) in [6.07, 6.45) is 1.34. The molecule has 0 amide bonds. The van der Waals surface area contributed by atoms with Crippen LogP contribution in [0.3, 0.4) is 0 Å². The van der Waals surface area contributed by atoms with Crippen LogP contribution < -0.4 is 9.47 Å². The molecule has 0 saturated carbocycles. The number of fused-ring (bicyclic) bond motifs is 1. The van der Waals surface area contributed by atoms with E-state index in [4.69, 9.17) is 9.47 Å². The van der Waals surface area contributed by atoms with E-state index in [1.807, 2.05) is 53.1 Å². The third-order valence-electron chi connectivity index (χ3n) is 5.45. The first-order valence-corrected chi connectivity index (χ1v) is 12.2. The van der Waals surface area contributed by atoms with Crippen molar-refractivity contribution < 1.29 is 14.3 Å². The summed E-state index contributed by atoms with van der Waals surface area (Å²) in [4.78, 5) is 13.4. The Balaban J connectivity index is 0.00000149. The monoisotopic (exact) mass is 463 g/mol. The van der Waals surface area contributed by atoms with E-state index in [1.165, 1.54) is 4.90 Å². The molecule has 0 spiro atoms. The van der Waals surface area contributed by atoms with Gasteiger partial charge in [0.1, 0.15) is 6.61 Å². The third kappa shape index (κ3) is 5.60. The molecule has 3 aromatic rings. The van der Waals surface area contributed by atoms with E-state index in [9.17, 15) is 4.79 Å². The normalized spacial score (nSPS) is 12.3. The molecule has 0 aromatic heterocycles. The zero-order valence-corrected chi connectivity index (χ0v) is 21.2. The van der Waals surface area contributed by atoms with Crippen molar-refractivity contribution in [1.29, 1.82) is 0 Å². The summed E-state index contributed by atoms with van der Waals surface area (Å²) in [6.45, 7) is 6.45. The van der Waals surface area contributed by atoms with Gasteiger partial charge in [-0.3, -0.25) is 9.10 Å². The molecule has 4 rings (SSSR count). The van der Waals surface area contributed by atoms with Crippen molar-refractivity contribution in [3.8, 4) is 22.6 Å². The lowest BCUT2D eigenvalue weighted by molar-refractivity contribution is 0.0994. The third-order valence-corrected chi connectivity index (χ3v) is 6.28. The number of nitrogens with zero attached hydrogens (tertiary/aromatic N) is 1. The minimum Gasteiger partial charge on any atom is -0.493 e. The van der Waals surface area contributed by atoms with Crippen LogP contribution in [0.2, 0.25) is 0 Å². The molecular formula is C28H33NO3S. The van der Waals surface area contributed by atoms with Crippen molar-refractivity contribution in [2.24, 2.45) is 0 Å². The number of carbonyl (C=O) groups excluding carboxylic acids is 1. The average Bonchev–Trinajstić information content (AvgIpc) is 3.20. The van der Waals surface area contributed by atoms with Crippen LogP contribution in [-0.2, 0) is 13.0 Å². The number of rotatable bonds is 7. The molecule has 0 N–H and O–H groups in total. The summed E-state index contributed by atoms with van der Waals surface area (Å²) in [5, 5.41) is 0. The highest BCUT2D eigenvalue weighted by Crippen LogP contribution is 2.44. The van der Waals surface area contributed by atoms with E-state index in [2.05, 4.69) is 40.7 Å². The summed E-state index contributed by atoms with van der Waals surface area (Å²) in [7, 11) is 5.73. The molecule has 3 aromatic carbocycles. The molecule has 0 unspecified atom stereocenters. The lowest BCUT2D eigenvalue weighted by atomic mass is 9.95. The molecule has 1 aliphatic rings. The number of hydrogen-bond acceptors (Lipinski definition) is 5. The Labute approximate surface area is 202 Å². The summed E-state index contributed by atoms with van der Waals surface area (Å²) >= 11 is 1.68. The van der Waals surface area contributed by atoms with E-state index in [0.717, 1.165) is 51.3 Å². The van der Waals surface area contributed by atoms with E-state index in [1.54, 1.807) is 19.1 Å². The minimum atomic E-state index is 0.216. The Morgan fingerprint density at radius 3 is 2.36 bits per heavy atom. The fraction of sp³-hybridized carbons (Fsp3) is 0.321. The van der Waals surface area contributed by atoms with Gasteiger partial charge in [-0.2, -0.15) is 0 Å². The van der Waals surface area contributed by atoms with Crippen molar-refractivity contribution >= 4 is 17.7 Å². The fourth-order valence-corrected chi connectivity index (χ4v) is 4.84. The zero-order chi connectivity index (χ0) is 24.0. The first kappa shape index (κ1) is 24.9. The summed E-state index contributed by atoms with van der Waals surface area (Å²) < 4.78 is 14.2. The molecule has 0 atom stereocenters. The molecule has 4 nitrogen and oxygen atoms in total. The second-order valence-corrected chi connectivity index (χ2v) is 9.27. The van der Waals surface area contributed by atoms with Crippen LogP contribution in [0.1, 0.15) is 47.3 Å². The molecule has 174 valence electrons. The quantitative estimate of drug-likeness (QED) is 0.354. The van der Waals surface area contributed by atoms with Crippen molar-refractivity contribution in [3.05, 3.63) is 76.9 Å². The van der Waals surface area contributed by atoms with Crippen LogP contribution in [0, 0.1) is 6.92 Å². The summed E-state index contributed by atoms with van der Waals surface area (Å²) in [5.74, 6) is 1.67. The molecule has 0 aliphatic heterocycles. The maximum atomic E-state index is 12.3. The molecule has 0 fully saturated rings. The molecule has 0 bridgehead atoms. The van der Waals surface area contributed by atoms with Crippen molar-refractivity contribution in [2.45, 2.75) is 45.1 Å². The van der Waals surface area contributed by atoms with E-state index < -0.39 is 0 Å². The molecule has 33 heavy (non-hydrogen) atoms. The van der Waals surface area contributed by atoms with Gasteiger partial charge >= 0.3 is 0 Å². The van der Waals surface area contributed by atoms with Gasteiger partial charge < -0.3 is 9.47 Å². The predicted molar refractivity (Wildman–Crippen MR) is 137 cm³/mol. The number of Topliss-reactive ketones (excluding diaryl/α,β-unsaturated/α-hetero) is 1. The van der Waals surface area contributed by atoms with E-state index in [0.29, 0.717) is 13.0 Å². The lowest BCUT2D eigenvalue weighted by Gasteiger charge is -2.19. The number of methoxy groups -OCH3 is 1. The maximum absolute atomic E-state index is 12.3. The Kier molecular flexibility index (Phi) is 8.59. The fourth-order valence-electron chi connectivity index (χ4n) is 4.07. The average molecular weight is 464 g/mol. The number of ether oxygens (including phenoxy) is 2. The van der Waals surface area contributed by atoms with Crippen molar-refractivity contribution in [1.82, 2.24) is 4.31 Å². The van der Waals surface area contributed by atoms with Gasteiger partial charge in [0.15, 0.2) is 17.3 Å². The number of carbonyl (C=O) groups is 1. The largest absolute Gasteiger partial charge is 0.493 e. The SMILES string of the molecule is CC.COc1c(C)ccc(-c2cccc3c2CCC3=O)c1OCc1cccc(SN(C)C)c1. The first-order chi connectivity index (χ1) is 16.0. The van der Waals surface area contributed by atoms with Crippen LogP contribution in [0.4, 0.5) is 0 Å². The van der Waals surface area contributed by atoms with Crippen LogP contribution >= 0.6 is 11.9 Å². The van der Waals surface area contributed by atoms with Gasteiger partial charge in [-0.15, -0.1) is 0 Å². The van der Waals surface area contributed by atoms with Gasteiger partial charge in [-0.25, -0.2) is 0 Å². The molecule has 1 aliphatic carbocycles. The van der Waals surface area contributed by atoms with Gasteiger partial charge in [0.05, 0.1) is 7.11 Å². The Morgan fingerprint density at radius 2 is 1.64 bits per heavy atom. The lowest BCUT2D eigenvalue weighted by Crippen LogP contribution is -2.03. The topological polar surface area (TPSA) is 38.8 Å². The second-order valence-electron chi connectivity index (χ2n) is 7.89. The van der Waals surface area contributed by atoms with Gasteiger partial charge in [0.2, 0.25) is 0 Å². The molecular weight excluding hydrogens is 430 g/mol. The van der Waals surface area contributed by atoms with Gasteiger partial charge in [0.25, 0.3) is 0 Å². The second kappa shape index (κ2) is 11.4. The molecule has 0 heterocycles. The van der Waals surface area contributed by atoms with Gasteiger partial charge in [-0.1, -0.05) is 56.3 Å². The highest BCUT2D eigenvalue weighted by atomic mass is 32.2. The van der Waals surface area contributed by atoms with Crippen LogP contribution in [0.25, 0.3) is 11.1 Å². The Hall–Kier alpha value is -2.76. The van der Waals surface area contributed by atoms with E-state index >= 15 is 0 Å². The smallest absolute Gasteiger partial charge is 0.169 e. The number of benzene rings is 3. The number of ketones is 1. The first-order valence-electron chi connectivity index (χ1n) is 11.4. The summed E-state index contributed by atoms with van der Waals surface area (Å²) in [5.41, 5.74) is 6.06. The highest BCUT2D eigenvalue weighted by Gasteiger charge is 2.25. The van der Waals surface area contributed by atoms with Crippen LogP contribution in [-0.4, -0.2) is 31.3 Å². The van der Waals surface area contributed by atoms with Crippen LogP contribution in [0.5, 0.6) is 11.5 Å². The minimum absolute atomic E-state index is 0.216. The summed E-state index contributed by atoms with van der Waals surface area (Å²) in [6, 6.07) is 18.4. The predicted octanol–water partition coefficient (Wildman–Crippen LogP) is 6.97. The Bertz CT molecular complexity index is 1120. The molecule has 0 radical (unpaired) electrons. The standard InChI is InChI=1S/C26H27NO3S.C2H6/c1-17-11-12-23(20-9-6-10-22-21(20)13-14-24(22)28)26(25(17)29-4)30-16-18-7-5-8-19(15-18)31-27(2)3;1-2/h5-12,15H,13-14,16H2,1-4H3;1-2H3. The molecule has 0 saturated heterocycles. The van der Waals surface area contributed by atoms with Crippen molar-refractivity contribution in [3.63, 3.8) is 0 Å². The van der Waals surface area contributed by atoms with Gasteiger partial charge in [0, 0.05) is 22.4 Å². The van der Waals surface area contributed by atoms with Gasteiger partial charge in [-0.05, 0) is 73.8 Å².